The second kappa shape index (κ2) is 5.44. The summed E-state index contributed by atoms with van der Waals surface area (Å²) in [5.74, 6) is -1.35. The minimum atomic E-state index is -4.18. The molecule has 108 valence electrons. The number of halogens is 3. The number of aliphatic hydroxyl groups is 1. The van der Waals surface area contributed by atoms with Crippen LogP contribution in [0.4, 0.5) is 13.2 Å². The van der Waals surface area contributed by atoms with Crippen LogP contribution in [0.1, 0.15) is 42.4 Å². The Labute approximate surface area is 115 Å². The molecule has 0 amide bonds. The molecule has 0 spiro atoms. The number of rotatable bonds is 3. The zero-order valence-electron chi connectivity index (χ0n) is 11.0. The average Bonchev–Trinajstić information content (AvgIpc) is 2.75. The number of alkyl halides is 3. The molecule has 1 heterocycles. The van der Waals surface area contributed by atoms with E-state index in [-0.39, 0.29) is 12.8 Å². The second-order valence-corrected chi connectivity index (χ2v) is 6.71. The molecule has 1 nitrogen and oxygen atoms in total. The summed E-state index contributed by atoms with van der Waals surface area (Å²) in [6.45, 7) is 2.05. The second-order valence-electron chi connectivity index (χ2n) is 5.46. The first kappa shape index (κ1) is 14.9. The molecular weight excluding hydrogens is 273 g/mol. The van der Waals surface area contributed by atoms with Gasteiger partial charge < -0.3 is 5.11 Å². The van der Waals surface area contributed by atoms with E-state index < -0.39 is 17.7 Å². The molecule has 2 unspecified atom stereocenters. The Morgan fingerprint density at radius 1 is 1.37 bits per heavy atom. The third kappa shape index (κ3) is 3.72. The van der Waals surface area contributed by atoms with E-state index in [4.69, 9.17) is 0 Å². The molecule has 1 aromatic heterocycles. The van der Waals surface area contributed by atoms with Crippen molar-refractivity contribution in [1.29, 1.82) is 0 Å². The first-order valence-electron chi connectivity index (χ1n) is 6.69. The Morgan fingerprint density at radius 2 is 2.05 bits per heavy atom. The number of aryl methyl sites for hydroxylation is 1. The van der Waals surface area contributed by atoms with E-state index in [1.165, 1.54) is 4.88 Å². The van der Waals surface area contributed by atoms with Gasteiger partial charge in [-0.1, -0.05) is 6.92 Å². The first-order valence-corrected chi connectivity index (χ1v) is 7.51. The molecule has 2 rings (SSSR count). The summed E-state index contributed by atoms with van der Waals surface area (Å²) in [6.07, 6.45) is -1.99. The summed E-state index contributed by atoms with van der Waals surface area (Å²) in [7, 11) is 0. The van der Waals surface area contributed by atoms with E-state index in [0.29, 0.717) is 19.3 Å². The van der Waals surface area contributed by atoms with Crippen molar-refractivity contribution in [3.63, 3.8) is 0 Å². The molecule has 1 aliphatic carbocycles. The normalized spacial score (nSPS) is 28.6. The molecule has 5 heteroatoms. The maximum atomic E-state index is 12.8. The van der Waals surface area contributed by atoms with Gasteiger partial charge in [0.05, 0.1) is 11.5 Å². The van der Waals surface area contributed by atoms with Gasteiger partial charge in [0.15, 0.2) is 0 Å². The topological polar surface area (TPSA) is 20.2 Å². The minimum Gasteiger partial charge on any atom is -0.389 e. The largest absolute Gasteiger partial charge is 0.391 e. The van der Waals surface area contributed by atoms with Crippen LogP contribution in [0.25, 0.3) is 0 Å². The Morgan fingerprint density at radius 3 is 2.63 bits per heavy atom. The van der Waals surface area contributed by atoms with Crippen molar-refractivity contribution in [2.75, 3.05) is 0 Å². The predicted octanol–water partition coefficient (Wildman–Crippen LogP) is 4.34. The standard InChI is InChI=1S/C14H19F3OS/c1-2-11-5-6-12(19-11)9-13(18)7-3-4-10(8-13)14(15,16)17/h5-6,10,18H,2-4,7-9H2,1H3. The molecule has 0 aliphatic heterocycles. The van der Waals surface area contributed by atoms with Crippen LogP contribution in [0.15, 0.2) is 12.1 Å². The Bertz CT molecular complexity index is 427. The molecule has 0 aromatic carbocycles. The molecule has 0 radical (unpaired) electrons. The number of hydrogen-bond donors (Lipinski definition) is 1. The quantitative estimate of drug-likeness (QED) is 0.879. The van der Waals surface area contributed by atoms with Crippen LogP contribution in [0.5, 0.6) is 0 Å². The molecular formula is C14H19F3OS. The van der Waals surface area contributed by atoms with Crippen LogP contribution in [-0.2, 0) is 12.8 Å². The molecule has 1 aromatic rings. The fraction of sp³-hybridized carbons (Fsp3) is 0.714. The highest BCUT2D eigenvalue weighted by atomic mass is 32.1. The molecule has 0 bridgehead atoms. The Hall–Kier alpha value is -0.550. The molecule has 0 saturated heterocycles. The third-order valence-corrected chi connectivity index (χ3v) is 5.08. The van der Waals surface area contributed by atoms with Crippen LogP contribution in [-0.4, -0.2) is 16.9 Å². The maximum Gasteiger partial charge on any atom is 0.391 e. The van der Waals surface area contributed by atoms with Crippen LogP contribution in [0, 0.1) is 5.92 Å². The van der Waals surface area contributed by atoms with E-state index in [2.05, 4.69) is 0 Å². The zero-order chi connectivity index (χ0) is 14.1. The van der Waals surface area contributed by atoms with Gasteiger partial charge >= 0.3 is 6.18 Å². The van der Waals surface area contributed by atoms with Crippen molar-refractivity contribution in [2.45, 2.75) is 57.2 Å². The maximum absolute atomic E-state index is 12.8. The van der Waals surface area contributed by atoms with Gasteiger partial charge in [-0.25, -0.2) is 0 Å². The number of thiophene rings is 1. The minimum absolute atomic E-state index is 0.149. The summed E-state index contributed by atoms with van der Waals surface area (Å²) in [5.41, 5.74) is -1.19. The van der Waals surface area contributed by atoms with Gasteiger partial charge in [-0.2, -0.15) is 13.2 Å². The molecule has 1 saturated carbocycles. The first-order chi connectivity index (χ1) is 8.82. The molecule has 1 fully saturated rings. The van der Waals surface area contributed by atoms with Crippen molar-refractivity contribution in [3.05, 3.63) is 21.9 Å². The van der Waals surface area contributed by atoms with Crippen LogP contribution in [0.3, 0.4) is 0 Å². The van der Waals surface area contributed by atoms with Crippen LogP contribution in [0.2, 0.25) is 0 Å². The summed E-state index contributed by atoms with van der Waals surface area (Å²) in [5, 5.41) is 10.4. The van der Waals surface area contributed by atoms with Crippen molar-refractivity contribution >= 4 is 11.3 Å². The van der Waals surface area contributed by atoms with Crippen molar-refractivity contribution in [3.8, 4) is 0 Å². The lowest BCUT2D eigenvalue weighted by molar-refractivity contribution is -0.200. The lowest BCUT2D eigenvalue weighted by Gasteiger charge is -2.37. The van der Waals surface area contributed by atoms with Crippen LogP contribution >= 0.6 is 11.3 Å². The van der Waals surface area contributed by atoms with Crippen molar-refractivity contribution < 1.29 is 18.3 Å². The van der Waals surface area contributed by atoms with Crippen molar-refractivity contribution in [1.82, 2.24) is 0 Å². The van der Waals surface area contributed by atoms with E-state index in [9.17, 15) is 18.3 Å². The Kier molecular flexibility index (Phi) is 4.26. The SMILES string of the molecule is CCc1ccc(CC2(O)CCCC(C(F)(F)F)C2)s1. The van der Waals surface area contributed by atoms with Gasteiger partial charge in [-0.05, 0) is 44.2 Å². The summed E-state index contributed by atoms with van der Waals surface area (Å²) < 4.78 is 38.3. The van der Waals surface area contributed by atoms with Gasteiger partial charge in [0.2, 0.25) is 0 Å². The highest BCUT2D eigenvalue weighted by molar-refractivity contribution is 7.12. The summed E-state index contributed by atoms with van der Waals surface area (Å²) in [4.78, 5) is 2.20. The van der Waals surface area contributed by atoms with Gasteiger partial charge in [0.25, 0.3) is 0 Å². The monoisotopic (exact) mass is 292 g/mol. The average molecular weight is 292 g/mol. The van der Waals surface area contributed by atoms with E-state index >= 15 is 0 Å². The van der Waals surface area contributed by atoms with Gasteiger partial charge in [0.1, 0.15) is 0 Å². The summed E-state index contributed by atoms with van der Waals surface area (Å²) >= 11 is 1.59. The van der Waals surface area contributed by atoms with E-state index in [1.54, 1.807) is 11.3 Å². The fourth-order valence-corrected chi connectivity index (χ4v) is 3.91. The Balaban J connectivity index is 2.05. The predicted molar refractivity (Wildman–Crippen MR) is 70.4 cm³/mol. The zero-order valence-corrected chi connectivity index (χ0v) is 11.8. The highest BCUT2D eigenvalue weighted by Crippen LogP contribution is 2.43. The highest BCUT2D eigenvalue weighted by Gasteiger charge is 2.46. The lowest BCUT2D eigenvalue weighted by Crippen LogP contribution is -2.41. The summed E-state index contributed by atoms with van der Waals surface area (Å²) in [6, 6.07) is 3.92. The molecule has 2 atom stereocenters. The lowest BCUT2D eigenvalue weighted by atomic mass is 9.76. The fourth-order valence-electron chi connectivity index (χ4n) is 2.81. The molecule has 1 N–H and O–H groups in total. The van der Waals surface area contributed by atoms with Crippen molar-refractivity contribution in [2.24, 2.45) is 5.92 Å². The number of hydrogen-bond acceptors (Lipinski definition) is 2. The van der Waals surface area contributed by atoms with E-state index in [1.807, 2.05) is 19.1 Å². The molecule has 1 aliphatic rings. The smallest absolute Gasteiger partial charge is 0.389 e. The third-order valence-electron chi connectivity index (χ3n) is 3.85. The van der Waals surface area contributed by atoms with Gasteiger partial charge in [-0.15, -0.1) is 11.3 Å². The van der Waals surface area contributed by atoms with Crippen LogP contribution < -0.4 is 0 Å². The molecule has 19 heavy (non-hydrogen) atoms. The van der Waals surface area contributed by atoms with Gasteiger partial charge in [-0.3, -0.25) is 0 Å². The van der Waals surface area contributed by atoms with Gasteiger partial charge in [0, 0.05) is 16.2 Å². The van der Waals surface area contributed by atoms with E-state index in [0.717, 1.165) is 11.3 Å².